The number of hydrogen-bond donors (Lipinski definition) is 0. The molecule has 0 fully saturated rings. The standard InChI is InChI=1S/C49H32N4O/c1-49(2)41-18-9-7-14-36(41)38-16-11-17-40(44(38)49)47-51-46(33-12-5-4-6-13-33)52-48(53-47)43-35(28-29-39-37-15-8-10-19-42(37)54-45(39)43)32-22-20-30(21-23-32)31-24-26-34(50-3)27-25-31/h4-29H,1-2H3. The van der Waals surface area contributed by atoms with Crippen LogP contribution in [0.5, 0.6) is 0 Å². The molecule has 0 atom stereocenters. The topological polar surface area (TPSA) is 56.2 Å². The summed E-state index contributed by atoms with van der Waals surface area (Å²) < 4.78 is 6.73. The zero-order valence-corrected chi connectivity index (χ0v) is 29.7. The van der Waals surface area contributed by atoms with Crippen LogP contribution in [-0.2, 0) is 5.41 Å². The highest BCUT2D eigenvalue weighted by molar-refractivity contribution is 6.12. The molecule has 5 nitrogen and oxygen atoms in total. The first-order valence-corrected chi connectivity index (χ1v) is 18.1. The fourth-order valence-electron chi connectivity index (χ4n) is 8.18. The first kappa shape index (κ1) is 31.6. The van der Waals surface area contributed by atoms with Gasteiger partial charge in [0.15, 0.2) is 23.2 Å². The quantitative estimate of drug-likeness (QED) is 0.169. The molecule has 2 aromatic heterocycles. The SMILES string of the molecule is [C-]#[N+]c1ccc(-c2ccc(-c3ccc4c(oc5ccccc54)c3-c3nc(-c4ccccc4)nc(-c4cccc5c4C(C)(C)c4ccccc4-5)n3)cc2)cc1. The van der Waals surface area contributed by atoms with Gasteiger partial charge in [0.05, 0.1) is 12.1 Å². The van der Waals surface area contributed by atoms with E-state index in [-0.39, 0.29) is 5.41 Å². The minimum Gasteiger partial charge on any atom is -0.455 e. The molecule has 0 amide bonds. The van der Waals surface area contributed by atoms with E-state index in [0.717, 1.165) is 60.9 Å². The lowest BCUT2D eigenvalue weighted by Crippen LogP contribution is -2.17. The van der Waals surface area contributed by atoms with Gasteiger partial charge in [-0.15, -0.1) is 0 Å². The number of aromatic nitrogens is 3. The van der Waals surface area contributed by atoms with Crippen molar-refractivity contribution in [2.75, 3.05) is 0 Å². The predicted octanol–water partition coefficient (Wildman–Crippen LogP) is 13.0. The van der Waals surface area contributed by atoms with Crippen molar-refractivity contribution in [3.63, 3.8) is 0 Å². The maximum absolute atomic E-state index is 7.33. The molecule has 2 heterocycles. The summed E-state index contributed by atoms with van der Waals surface area (Å²) in [6.07, 6.45) is 0. The van der Waals surface area contributed by atoms with E-state index in [0.29, 0.717) is 23.2 Å². The molecule has 0 saturated carbocycles. The van der Waals surface area contributed by atoms with Crippen molar-refractivity contribution in [3.05, 3.63) is 180 Å². The summed E-state index contributed by atoms with van der Waals surface area (Å²) >= 11 is 0. The Hall–Kier alpha value is -7.16. The number of rotatable bonds is 5. The van der Waals surface area contributed by atoms with Crippen molar-refractivity contribution in [2.24, 2.45) is 0 Å². The van der Waals surface area contributed by atoms with Crippen LogP contribution in [0.1, 0.15) is 25.0 Å². The third kappa shape index (κ3) is 4.96. The molecule has 5 heteroatoms. The van der Waals surface area contributed by atoms with Gasteiger partial charge < -0.3 is 4.42 Å². The van der Waals surface area contributed by atoms with Crippen LogP contribution in [0.3, 0.4) is 0 Å². The molecule has 0 spiro atoms. The van der Waals surface area contributed by atoms with Crippen LogP contribution >= 0.6 is 0 Å². The second kappa shape index (κ2) is 12.2. The molecule has 54 heavy (non-hydrogen) atoms. The van der Waals surface area contributed by atoms with Gasteiger partial charge in [-0.3, -0.25) is 0 Å². The highest BCUT2D eigenvalue weighted by atomic mass is 16.3. The molecule has 0 unspecified atom stereocenters. The van der Waals surface area contributed by atoms with E-state index in [2.05, 4.69) is 104 Å². The van der Waals surface area contributed by atoms with Crippen molar-refractivity contribution in [3.8, 4) is 67.5 Å². The van der Waals surface area contributed by atoms with E-state index in [1.807, 2.05) is 72.8 Å². The number of para-hydroxylation sites is 1. The minimum absolute atomic E-state index is 0.260. The van der Waals surface area contributed by atoms with Gasteiger partial charge in [-0.25, -0.2) is 19.8 Å². The highest BCUT2D eigenvalue weighted by Gasteiger charge is 2.38. The third-order valence-corrected chi connectivity index (χ3v) is 10.8. The maximum atomic E-state index is 7.33. The average Bonchev–Trinajstić information content (AvgIpc) is 3.73. The Balaban J connectivity index is 1.23. The molecule has 0 radical (unpaired) electrons. The maximum Gasteiger partial charge on any atom is 0.187 e. The largest absolute Gasteiger partial charge is 0.455 e. The van der Waals surface area contributed by atoms with Gasteiger partial charge in [-0.1, -0.05) is 159 Å². The molecule has 254 valence electrons. The zero-order chi connectivity index (χ0) is 36.4. The van der Waals surface area contributed by atoms with E-state index in [1.54, 1.807) is 0 Å². The molecular weight excluding hydrogens is 661 g/mol. The number of hydrogen-bond acceptors (Lipinski definition) is 4. The van der Waals surface area contributed by atoms with Gasteiger partial charge in [0.25, 0.3) is 0 Å². The molecule has 7 aromatic carbocycles. The molecule has 0 bridgehead atoms. The lowest BCUT2D eigenvalue weighted by atomic mass is 9.80. The summed E-state index contributed by atoms with van der Waals surface area (Å²) in [7, 11) is 0. The first-order chi connectivity index (χ1) is 26.5. The van der Waals surface area contributed by atoms with Crippen LogP contribution < -0.4 is 0 Å². The summed E-state index contributed by atoms with van der Waals surface area (Å²) in [5, 5.41) is 2.04. The normalized spacial score (nSPS) is 12.8. The average molecular weight is 693 g/mol. The van der Waals surface area contributed by atoms with E-state index < -0.39 is 0 Å². The monoisotopic (exact) mass is 692 g/mol. The number of nitrogens with zero attached hydrogens (tertiary/aromatic N) is 4. The smallest absolute Gasteiger partial charge is 0.187 e. The fraction of sp³-hybridized carbons (Fsp3) is 0.0612. The van der Waals surface area contributed by atoms with Crippen molar-refractivity contribution in [1.82, 2.24) is 15.0 Å². The number of furan rings is 1. The van der Waals surface area contributed by atoms with Gasteiger partial charge in [-0.05, 0) is 56.6 Å². The summed E-state index contributed by atoms with van der Waals surface area (Å²) in [5.74, 6) is 1.76. The molecule has 1 aliphatic rings. The molecule has 10 rings (SSSR count). The molecule has 0 aliphatic heterocycles. The van der Waals surface area contributed by atoms with Crippen LogP contribution in [0, 0.1) is 6.57 Å². The van der Waals surface area contributed by atoms with Gasteiger partial charge >= 0.3 is 0 Å². The second-order valence-electron chi connectivity index (χ2n) is 14.3. The van der Waals surface area contributed by atoms with Gasteiger partial charge in [-0.2, -0.15) is 0 Å². The third-order valence-electron chi connectivity index (χ3n) is 10.8. The van der Waals surface area contributed by atoms with Crippen LogP contribution in [-0.4, -0.2) is 15.0 Å². The van der Waals surface area contributed by atoms with E-state index in [4.69, 9.17) is 25.9 Å². The zero-order valence-electron chi connectivity index (χ0n) is 29.7. The highest BCUT2D eigenvalue weighted by Crippen LogP contribution is 2.52. The Kier molecular flexibility index (Phi) is 7.14. The first-order valence-electron chi connectivity index (χ1n) is 18.1. The van der Waals surface area contributed by atoms with Crippen LogP contribution in [0.4, 0.5) is 5.69 Å². The summed E-state index contributed by atoms with van der Waals surface area (Å²) in [4.78, 5) is 19.4. The predicted molar refractivity (Wildman–Crippen MR) is 218 cm³/mol. The van der Waals surface area contributed by atoms with Gasteiger partial charge in [0.1, 0.15) is 11.2 Å². The van der Waals surface area contributed by atoms with E-state index in [1.165, 1.54) is 22.3 Å². The lowest BCUT2D eigenvalue weighted by molar-refractivity contribution is 0.661. The van der Waals surface area contributed by atoms with E-state index in [9.17, 15) is 0 Å². The summed E-state index contributed by atoms with van der Waals surface area (Å²) in [5.41, 5.74) is 13.7. The van der Waals surface area contributed by atoms with Crippen molar-refractivity contribution < 1.29 is 4.42 Å². The van der Waals surface area contributed by atoms with Crippen molar-refractivity contribution in [1.29, 1.82) is 0 Å². The summed E-state index contributed by atoms with van der Waals surface area (Å²) in [6.45, 7) is 11.9. The number of fused-ring (bicyclic) bond motifs is 6. The minimum atomic E-state index is -0.260. The molecule has 0 N–H and O–H groups in total. The van der Waals surface area contributed by atoms with Gasteiger partial charge in [0.2, 0.25) is 0 Å². The van der Waals surface area contributed by atoms with Crippen LogP contribution in [0.25, 0.3) is 94.3 Å². The molecule has 1 aliphatic carbocycles. The Morgan fingerprint density at radius 2 is 1.11 bits per heavy atom. The van der Waals surface area contributed by atoms with Gasteiger partial charge in [0, 0.05) is 27.3 Å². The summed E-state index contributed by atoms with van der Waals surface area (Å²) in [6, 6.07) is 53.9. The van der Waals surface area contributed by atoms with Crippen molar-refractivity contribution >= 4 is 27.6 Å². The number of benzene rings is 7. The molecule has 0 saturated heterocycles. The second-order valence-corrected chi connectivity index (χ2v) is 14.3. The van der Waals surface area contributed by atoms with E-state index >= 15 is 0 Å². The Bertz CT molecular complexity index is 2950. The Labute approximate surface area is 313 Å². The Morgan fingerprint density at radius 1 is 0.481 bits per heavy atom. The van der Waals surface area contributed by atoms with Crippen molar-refractivity contribution in [2.45, 2.75) is 19.3 Å². The lowest BCUT2D eigenvalue weighted by Gasteiger charge is -2.24. The Morgan fingerprint density at radius 3 is 1.91 bits per heavy atom. The molecule has 9 aromatic rings. The van der Waals surface area contributed by atoms with Crippen LogP contribution in [0.2, 0.25) is 0 Å². The van der Waals surface area contributed by atoms with Crippen LogP contribution in [0.15, 0.2) is 162 Å². The fourth-order valence-corrected chi connectivity index (χ4v) is 8.18. The molecular formula is C49H32N4O.